The van der Waals surface area contributed by atoms with E-state index < -0.39 is 0 Å². The fourth-order valence-corrected chi connectivity index (χ4v) is 2.28. The van der Waals surface area contributed by atoms with Crippen molar-refractivity contribution in [2.45, 2.75) is 11.9 Å². The lowest BCUT2D eigenvalue weighted by Gasteiger charge is -2.08. The zero-order chi connectivity index (χ0) is 14.5. The van der Waals surface area contributed by atoms with E-state index in [1.165, 1.54) is 23.9 Å². The van der Waals surface area contributed by atoms with Gasteiger partial charge in [0.1, 0.15) is 10.8 Å². The van der Waals surface area contributed by atoms with E-state index in [1.54, 1.807) is 31.3 Å². The largest absolute Gasteiger partial charge is 0.397 e. The molecule has 104 valence electrons. The molecule has 0 fully saturated rings. The SMILES string of the molecule is Cc1ccc(F)cc1NC(=O)CSc1ncccc1N. The van der Waals surface area contributed by atoms with E-state index in [1.807, 2.05) is 0 Å². The number of thioether (sulfide) groups is 1. The van der Waals surface area contributed by atoms with Gasteiger partial charge in [0, 0.05) is 11.9 Å². The average molecular weight is 291 g/mol. The van der Waals surface area contributed by atoms with Crippen molar-refractivity contribution in [2.75, 3.05) is 16.8 Å². The first-order chi connectivity index (χ1) is 9.56. The van der Waals surface area contributed by atoms with Crippen molar-refractivity contribution < 1.29 is 9.18 Å². The second-order valence-corrected chi connectivity index (χ2v) is 5.16. The van der Waals surface area contributed by atoms with Crippen LogP contribution in [0.25, 0.3) is 0 Å². The third-order valence-electron chi connectivity index (χ3n) is 2.61. The van der Waals surface area contributed by atoms with Crippen LogP contribution in [0.3, 0.4) is 0 Å². The summed E-state index contributed by atoms with van der Waals surface area (Å²) in [6.45, 7) is 1.80. The lowest BCUT2D eigenvalue weighted by atomic mass is 10.2. The first-order valence-electron chi connectivity index (χ1n) is 5.95. The van der Waals surface area contributed by atoms with Crippen molar-refractivity contribution in [1.29, 1.82) is 0 Å². The summed E-state index contributed by atoms with van der Waals surface area (Å²) in [6, 6.07) is 7.73. The summed E-state index contributed by atoms with van der Waals surface area (Å²) in [7, 11) is 0. The number of carbonyl (C=O) groups excluding carboxylic acids is 1. The minimum absolute atomic E-state index is 0.164. The van der Waals surface area contributed by atoms with Crippen LogP contribution in [-0.2, 0) is 4.79 Å². The smallest absolute Gasteiger partial charge is 0.234 e. The molecule has 0 aliphatic carbocycles. The Hall–Kier alpha value is -2.08. The molecule has 0 saturated heterocycles. The Labute approximate surface area is 120 Å². The van der Waals surface area contributed by atoms with Crippen LogP contribution in [0.15, 0.2) is 41.6 Å². The van der Waals surface area contributed by atoms with E-state index in [2.05, 4.69) is 10.3 Å². The molecule has 1 amide bonds. The minimum atomic E-state index is -0.382. The van der Waals surface area contributed by atoms with Gasteiger partial charge in [0.2, 0.25) is 5.91 Å². The van der Waals surface area contributed by atoms with Crippen molar-refractivity contribution in [1.82, 2.24) is 4.98 Å². The summed E-state index contributed by atoms with van der Waals surface area (Å²) in [6.07, 6.45) is 1.62. The molecule has 2 rings (SSSR count). The van der Waals surface area contributed by atoms with Gasteiger partial charge < -0.3 is 11.1 Å². The number of nitrogens with one attached hydrogen (secondary N) is 1. The highest BCUT2D eigenvalue weighted by molar-refractivity contribution is 8.00. The first-order valence-corrected chi connectivity index (χ1v) is 6.94. The van der Waals surface area contributed by atoms with E-state index in [0.717, 1.165) is 5.56 Å². The van der Waals surface area contributed by atoms with Crippen molar-refractivity contribution in [3.05, 3.63) is 47.9 Å². The van der Waals surface area contributed by atoms with Gasteiger partial charge in [0.25, 0.3) is 0 Å². The maximum absolute atomic E-state index is 13.1. The Morgan fingerprint density at radius 2 is 2.25 bits per heavy atom. The molecule has 6 heteroatoms. The molecule has 1 aromatic heterocycles. The van der Waals surface area contributed by atoms with E-state index in [4.69, 9.17) is 5.73 Å². The van der Waals surface area contributed by atoms with Crippen molar-refractivity contribution >= 4 is 29.0 Å². The Balaban J connectivity index is 1.96. The Bertz CT molecular complexity index is 634. The number of halogens is 1. The van der Waals surface area contributed by atoms with Gasteiger partial charge in [-0.1, -0.05) is 17.8 Å². The van der Waals surface area contributed by atoms with Crippen LogP contribution >= 0.6 is 11.8 Å². The number of amides is 1. The molecule has 4 nitrogen and oxygen atoms in total. The summed E-state index contributed by atoms with van der Waals surface area (Å²) in [5, 5.41) is 3.28. The number of aromatic nitrogens is 1. The summed E-state index contributed by atoms with van der Waals surface area (Å²) < 4.78 is 13.1. The molecule has 0 bridgehead atoms. The molecule has 0 aliphatic heterocycles. The van der Waals surface area contributed by atoms with Gasteiger partial charge in [0.15, 0.2) is 0 Å². The second kappa shape index (κ2) is 6.38. The van der Waals surface area contributed by atoms with Crippen LogP contribution in [-0.4, -0.2) is 16.6 Å². The minimum Gasteiger partial charge on any atom is -0.397 e. The first kappa shape index (κ1) is 14.3. The topological polar surface area (TPSA) is 68.0 Å². The standard InChI is InChI=1S/C14H14FN3OS/c1-9-4-5-10(15)7-12(9)18-13(19)8-20-14-11(16)3-2-6-17-14/h2-7H,8,16H2,1H3,(H,18,19). The normalized spacial score (nSPS) is 10.3. The van der Waals surface area contributed by atoms with Gasteiger partial charge in [-0.15, -0.1) is 0 Å². The number of hydrogen-bond donors (Lipinski definition) is 2. The predicted octanol–water partition coefficient (Wildman–Crippen LogP) is 2.84. The highest BCUT2D eigenvalue weighted by Gasteiger charge is 2.08. The molecular weight excluding hydrogens is 277 g/mol. The number of aryl methyl sites for hydroxylation is 1. The van der Waals surface area contributed by atoms with Crippen molar-refractivity contribution in [3.8, 4) is 0 Å². The number of nitrogen functional groups attached to an aromatic ring is 1. The molecular formula is C14H14FN3OS. The zero-order valence-electron chi connectivity index (χ0n) is 10.9. The molecule has 1 heterocycles. The fraction of sp³-hybridized carbons (Fsp3) is 0.143. The van der Waals surface area contributed by atoms with Crippen molar-refractivity contribution in [3.63, 3.8) is 0 Å². The van der Waals surface area contributed by atoms with Crippen LogP contribution in [0.1, 0.15) is 5.56 Å². The van der Waals surface area contributed by atoms with E-state index in [-0.39, 0.29) is 17.5 Å². The molecule has 0 radical (unpaired) electrons. The zero-order valence-corrected chi connectivity index (χ0v) is 11.7. The van der Waals surface area contributed by atoms with Gasteiger partial charge in [-0.05, 0) is 36.8 Å². The molecule has 0 unspecified atom stereocenters. The van der Waals surface area contributed by atoms with Gasteiger partial charge in [-0.3, -0.25) is 4.79 Å². The highest BCUT2D eigenvalue weighted by atomic mass is 32.2. The molecule has 20 heavy (non-hydrogen) atoms. The summed E-state index contributed by atoms with van der Waals surface area (Å²) >= 11 is 1.24. The quantitative estimate of drug-likeness (QED) is 0.850. The molecule has 2 aromatic rings. The number of nitrogens with two attached hydrogens (primary N) is 1. The van der Waals surface area contributed by atoms with Gasteiger partial charge >= 0.3 is 0 Å². The Morgan fingerprint density at radius 1 is 1.45 bits per heavy atom. The number of nitrogens with zero attached hydrogens (tertiary/aromatic N) is 1. The Morgan fingerprint density at radius 3 is 3.00 bits per heavy atom. The highest BCUT2D eigenvalue weighted by Crippen LogP contribution is 2.22. The Kier molecular flexibility index (Phi) is 4.57. The predicted molar refractivity (Wildman–Crippen MR) is 79.1 cm³/mol. The lowest BCUT2D eigenvalue weighted by molar-refractivity contribution is -0.113. The number of benzene rings is 1. The van der Waals surface area contributed by atoms with Gasteiger partial charge in [-0.25, -0.2) is 9.37 Å². The number of rotatable bonds is 4. The summed E-state index contributed by atoms with van der Waals surface area (Å²) in [5.74, 6) is -0.446. The monoisotopic (exact) mass is 291 g/mol. The second-order valence-electron chi connectivity index (χ2n) is 4.19. The summed E-state index contributed by atoms with van der Waals surface area (Å²) in [5.41, 5.74) is 7.56. The number of hydrogen-bond acceptors (Lipinski definition) is 4. The van der Waals surface area contributed by atoms with E-state index >= 15 is 0 Å². The van der Waals surface area contributed by atoms with Gasteiger partial charge in [-0.2, -0.15) is 0 Å². The third kappa shape index (κ3) is 3.71. The maximum atomic E-state index is 13.1. The van der Waals surface area contributed by atoms with E-state index in [0.29, 0.717) is 16.4 Å². The fourth-order valence-electron chi connectivity index (χ4n) is 1.57. The molecule has 3 N–H and O–H groups in total. The lowest BCUT2D eigenvalue weighted by Crippen LogP contribution is -2.15. The molecule has 1 aromatic carbocycles. The molecule has 0 atom stereocenters. The molecule has 0 saturated carbocycles. The number of anilines is 2. The number of pyridine rings is 1. The molecule has 0 spiro atoms. The third-order valence-corrected chi connectivity index (χ3v) is 3.64. The summed E-state index contributed by atoms with van der Waals surface area (Å²) in [4.78, 5) is 15.9. The molecule has 0 aliphatic rings. The maximum Gasteiger partial charge on any atom is 0.234 e. The van der Waals surface area contributed by atoms with Crippen LogP contribution < -0.4 is 11.1 Å². The number of carbonyl (C=O) groups is 1. The van der Waals surface area contributed by atoms with E-state index in [9.17, 15) is 9.18 Å². The van der Waals surface area contributed by atoms with Crippen LogP contribution in [0.2, 0.25) is 0 Å². The van der Waals surface area contributed by atoms with Crippen LogP contribution in [0.5, 0.6) is 0 Å². The van der Waals surface area contributed by atoms with Gasteiger partial charge in [0.05, 0.1) is 11.4 Å². The van der Waals surface area contributed by atoms with Crippen LogP contribution in [0.4, 0.5) is 15.8 Å². The van der Waals surface area contributed by atoms with Crippen LogP contribution in [0, 0.1) is 12.7 Å². The average Bonchev–Trinajstić information content (AvgIpc) is 2.42. The van der Waals surface area contributed by atoms with Crippen molar-refractivity contribution in [2.24, 2.45) is 0 Å².